The number of unbranched alkanes of at least 4 members (excludes halogenated alkanes) is 2. The van der Waals surface area contributed by atoms with Crippen LogP contribution >= 0.6 is 0 Å². The first-order chi connectivity index (χ1) is 8.68. The van der Waals surface area contributed by atoms with Crippen LogP contribution in [0.3, 0.4) is 0 Å². The van der Waals surface area contributed by atoms with Gasteiger partial charge in [-0.2, -0.15) is 0 Å². The minimum Gasteiger partial charge on any atom is -0.466 e. The summed E-state index contributed by atoms with van der Waals surface area (Å²) in [6, 6.07) is 9.39. The van der Waals surface area contributed by atoms with E-state index in [2.05, 4.69) is 5.32 Å². The number of nitrogens with one attached hydrogen (secondary N) is 1. The number of hydrogen-bond donors (Lipinski definition) is 1. The highest BCUT2D eigenvalue weighted by Crippen LogP contribution is 2.07. The van der Waals surface area contributed by atoms with Gasteiger partial charge in [0, 0.05) is 19.0 Å². The molecule has 0 heterocycles. The van der Waals surface area contributed by atoms with E-state index < -0.39 is 0 Å². The van der Waals surface area contributed by atoms with Crippen molar-refractivity contribution in [3.05, 3.63) is 30.3 Å². The fourth-order valence-corrected chi connectivity index (χ4v) is 1.53. The zero-order valence-electron chi connectivity index (χ0n) is 10.6. The molecule has 4 nitrogen and oxygen atoms in total. The van der Waals surface area contributed by atoms with Crippen LogP contribution in [0.2, 0.25) is 0 Å². The van der Waals surface area contributed by atoms with Crippen molar-refractivity contribution in [3.63, 3.8) is 0 Å². The maximum absolute atomic E-state index is 11.6. The van der Waals surface area contributed by atoms with Crippen LogP contribution in [0.1, 0.15) is 32.6 Å². The van der Waals surface area contributed by atoms with Crippen molar-refractivity contribution in [2.24, 2.45) is 0 Å². The van der Waals surface area contributed by atoms with E-state index in [1.807, 2.05) is 30.3 Å². The van der Waals surface area contributed by atoms with Gasteiger partial charge in [0.25, 0.3) is 0 Å². The summed E-state index contributed by atoms with van der Waals surface area (Å²) in [6.07, 6.45) is 2.99. The molecule has 0 aliphatic heterocycles. The van der Waals surface area contributed by atoms with Gasteiger partial charge < -0.3 is 10.1 Å². The van der Waals surface area contributed by atoms with E-state index in [4.69, 9.17) is 4.74 Å². The molecule has 0 bridgehead atoms. The lowest BCUT2D eigenvalue weighted by molar-refractivity contribution is -0.141. The van der Waals surface area contributed by atoms with Crippen LogP contribution in [-0.4, -0.2) is 18.5 Å². The van der Waals surface area contributed by atoms with Crippen molar-refractivity contribution < 1.29 is 14.3 Å². The maximum atomic E-state index is 11.6. The number of amides is 1. The molecular formula is C14H19NO3. The number of ether oxygens (including phenoxy) is 1. The molecule has 1 aromatic rings. The van der Waals surface area contributed by atoms with Gasteiger partial charge in [0.05, 0.1) is 6.61 Å². The summed E-state index contributed by atoms with van der Waals surface area (Å²) in [5.74, 6) is -0.231. The number of para-hydroxylation sites is 1. The summed E-state index contributed by atoms with van der Waals surface area (Å²) in [4.78, 5) is 22.1. The van der Waals surface area contributed by atoms with Gasteiger partial charge in [-0.05, 0) is 31.4 Å². The molecule has 0 saturated carbocycles. The Morgan fingerprint density at radius 2 is 1.83 bits per heavy atom. The predicted molar refractivity (Wildman–Crippen MR) is 70.2 cm³/mol. The third kappa shape index (κ3) is 6.68. The minimum atomic E-state index is -0.253. The SMILES string of the molecule is CC(=O)OCCCCCC(=O)Nc1ccccc1. The zero-order valence-corrected chi connectivity index (χ0v) is 10.6. The highest BCUT2D eigenvalue weighted by molar-refractivity contribution is 5.90. The Bertz CT molecular complexity index is 376. The molecule has 0 aromatic heterocycles. The smallest absolute Gasteiger partial charge is 0.302 e. The Labute approximate surface area is 107 Å². The molecule has 18 heavy (non-hydrogen) atoms. The highest BCUT2D eigenvalue weighted by Gasteiger charge is 2.01. The molecule has 1 amide bonds. The van der Waals surface area contributed by atoms with Crippen LogP contribution in [0.25, 0.3) is 0 Å². The Hall–Kier alpha value is -1.84. The number of rotatable bonds is 7. The summed E-state index contributed by atoms with van der Waals surface area (Å²) < 4.78 is 4.81. The summed E-state index contributed by atoms with van der Waals surface area (Å²) in [7, 11) is 0. The fraction of sp³-hybridized carbons (Fsp3) is 0.429. The quantitative estimate of drug-likeness (QED) is 0.597. The molecule has 1 aromatic carbocycles. The van der Waals surface area contributed by atoms with Gasteiger partial charge in [0.2, 0.25) is 5.91 Å². The first kappa shape index (κ1) is 14.2. The topological polar surface area (TPSA) is 55.4 Å². The molecule has 0 atom stereocenters. The lowest BCUT2D eigenvalue weighted by atomic mass is 10.2. The van der Waals surface area contributed by atoms with Crippen molar-refractivity contribution in [1.82, 2.24) is 0 Å². The van der Waals surface area contributed by atoms with E-state index in [1.165, 1.54) is 6.92 Å². The largest absolute Gasteiger partial charge is 0.466 e. The van der Waals surface area contributed by atoms with Crippen LogP contribution in [0.4, 0.5) is 5.69 Å². The molecule has 0 spiro atoms. The van der Waals surface area contributed by atoms with E-state index in [-0.39, 0.29) is 11.9 Å². The van der Waals surface area contributed by atoms with Crippen LogP contribution in [0, 0.1) is 0 Å². The second-order valence-corrected chi connectivity index (χ2v) is 4.06. The molecule has 1 N–H and O–H groups in total. The van der Waals surface area contributed by atoms with E-state index in [0.29, 0.717) is 13.0 Å². The summed E-state index contributed by atoms with van der Waals surface area (Å²) in [6.45, 7) is 1.84. The van der Waals surface area contributed by atoms with Gasteiger partial charge in [-0.1, -0.05) is 18.2 Å². The van der Waals surface area contributed by atoms with Gasteiger partial charge in [0.15, 0.2) is 0 Å². The Morgan fingerprint density at radius 1 is 1.11 bits per heavy atom. The Balaban J connectivity index is 2.05. The fourth-order valence-electron chi connectivity index (χ4n) is 1.53. The van der Waals surface area contributed by atoms with Crippen LogP contribution < -0.4 is 5.32 Å². The molecule has 0 radical (unpaired) electrons. The number of anilines is 1. The van der Waals surface area contributed by atoms with Crippen molar-refractivity contribution in [2.75, 3.05) is 11.9 Å². The third-order valence-corrected chi connectivity index (χ3v) is 2.41. The molecule has 98 valence electrons. The molecule has 0 aliphatic rings. The van der Waals surface area contributed by atoms with Crippen molar-refractivity contribution in [3.8, 4) is 0 Å². The van der Waals surface area contributed by atoms with Gasteiger partial charge in [0.1, 0.15) is 0 Å². The average Bonchev–Trinajstić information content (AvgIpc) is 2.34. The molecule has 0 saturated heterocycles. The van der Waals surface area contributed by atoms with Gasteiger partial charge >= 0.3 is 5.97 Å². The average molecular weight is 249 g/mol. The first-order valence-corrected chi connectivity index (χ1v) is 6.17. The summed E-state index contributed by atoms with van der Waals surface area (Å²) >= 11 is 0. The Morgan fingerprint density at radius 3 is 2.50 bits per heavy atom. The predicted octanol–water partition coefficient (Wildman–Crippen LogP) is 2.75. The number of esters is 1. The lowest BCUT2D eigenvalue weighted by Crippen LogP contribution is -2.11. The molecule has 0 aliphatic carbocycles. The molecule has 0 fully saturated rings. The van der Waals surface area contributed by atoms with Crippen molar-refractivity contribution in [2.45, 2.75) is 32.6 Å². The minimum absolute atomic E-state index is 0.0219. The number of benzene rings is 1. The van der Waals surface area contributed by atoms with E-state index >= 15 is 0 Å². The highest BCUT2D eigenvalue weighted by atomic mass is 16.5. The summed E-state index contributed by atoms with van der Waals surface area (Å²) in [5, 5.41) is 2.83. The second-order valence-electron chi connectivity index (χ2n) is 4.06. The van der Waals surface area contributed by atoms with Gasteiger partial charge in [-0.25, -0.2) is 0 Å². The third-order valence-electron chi connectivity index (χ3n) is 2.41. The Kier molecular flexibility index (Phi) is 6.54. The van der Waals surface area contributed by atoms with Crippen LogP contribution in [0.15, 0.2) is 30.3 Å². The van der Waals surface area contributed by atoms with Crippen LogP contribution in [0.5, 0.6) is 0 Å². The van der Waals surface area contributed by atoms with Crippen molar-refractivity contribution >= 4 is 17.6 Å². The maximum Gasteiger partial charge on any atom is 0.302 e. The molecule has 4 heteroatoms. The van der Waals surface area contributed by atoms with Gasteiger partial charge in [-0.15, -0.1) is 0 Å². The number of carbonyl (C=O) groups excluding carboxylic acids is 2. The van der Waals surface area contributed by atoms with E-state index in [1.54, 1.807) is 0 Å². The second kappa shape index (κ2) is 8.28. The van der Waals surface area contributed by atoms with Gasteiger partial charge in [-0.3, -0.25) is 9.59 Å². The zero-order chi connectivity index (χ0) is 13.2. The summed E-state index contributed by atoms with van der Waals surface area (Å²) in [5.41, 5.74) is 0.822. The number of carbonyl (C=O) groups is 2. The van der Waals surface area contributed by atoms with E-state index in [0.717, 1.165) is 24.9 Å². The molecule has 0 unspecified atom stereocenters. The normalized spacial score (nSPS) is 9.83. The van der Waals surface area contributed by atoms with E-state index in [9.17, 15) is 9.59 Å². The number of hydrogen-bond acceptors (Lipinski definition) is 3. The standard InChI is InChI=1S/C14H19NO3/c1-12(16)18-11-7-3-6-10-14(17)15-13-8-4-2-5-9-13/h2,4-5,8-9H,3,6-7,10-11H2,1H3,(H,15,17). The van der Waals surface area contributed by atoms with Crippen molar-refractivity contribution in [1.29, 1.82) is 0 Å². The molecular weight excluding hydrogens is 230 g/mol. The lowest BCUT2D eigenvalue weighted by Gasteiger charge is -2.05. The first-order valence-electron chi connectivity index (χ1n) is 6.17. The molecule has 1 rings (SSSR count). The monoisotopic (exact) mass is 249 g/mol. The van der Waals surface area contributed by atoms with Crippen LogP contribution in [-0.2, 0) is 14.3 Å².